The zero-order valence-corrected chi connectivity index (χ0v) is 17.2. The highest BCUT2D eigenvalue weighted by molar-refractivity contribution is 5.97. The van der Waals surface area contributed by atoms with E-state index in [1.807, 2.05) is 49.4 Å². The van der Waals surface area contributed by atoms with E-state index in [4.69, 9.17) is 4.74 Å². The van der Waals surface area contributed by atoms with Crippen molar-refractivity contribution in [2.75, 3.05) is 20.2 Å². The van der Waals surface area contributed by atoms with Crippen molar-refractivity contribution in [3.8, 4) is 5.75 Å². The number of carbonyl (C=O) groups is 2. The number of fused-ring (bicyclic) bond motifs is 4. The normalized spacial score (nSPS) is 21.0. The number of benzene rings is 2. The number of amides is 2. The van der Waals surface area contributed by atoms with Crippen LogP contribution < -0.4 is 4.74 Å². The van der Waals surface area contributed by atoms with E-state index < -0.39 is 6.04 Å². The monoisotopic (exact) mass is 403 g/mol. The fourth-order valence-corrected chi connectivity index (χ4v) is 4.87. The number of H-pyrrole nitrogens is 1. The van der Waals surface area contributed by atoms with Gasteiger partial charge >= 0.3 is 0 Å². The molecule has 1 fully saturated rings. The highest BCUT2D eigenvalue weighted by Crippen LogP contribution is 2.38. The number of aromatic amines is 1. The number of hydrogen-bond donors (Lipinski definition) is 1. The van der Waals surface area contributed by atoms with Crippen LogP contribution in [0.4, 0.5) is 0 Å². The van der Waals surface area contributed by atoms with Gasteiger partial charge in [-0.1, -0.05) is 30.3 Å². The van der Waals surface area contributed by atoms with Gasteiger partial charge < -0.3 is 19.5 Å². The van der Waals surface area contributed by atoms with Gasteiger partial charge in [0, 0.05) is 29.6 Å². The molecule has 3 aromatic rings. The maximum absolute atomic E-state index is 13.3. The smallest absolute Gasteiger partial charge is 0.246 e. The minimum atomic E-state index is -0.427. The maximum Gasteiger partial charge on any atom is 0.246 e. The highest BCUT2D eigenvalue weighted by atomic mass is 16.5. The second kappa shape index (κ2) is 7.20. The number of hydrogen-bond acceptors (Lipinski definition) is 3. The summed E-state index contributed by atoms with van der Waals surface area (Å²) in [7, 11) is 1.64. The Bertz CT molecular complexity index is 1120. The molecule has 2 aliphatic rings. The minimum absolute atomic E-state index is 0.0196. The molecule has 154 valence electrons. The molecule has 1 aromatic heterocycles. The van der Waals surface area contributed by atoms with Crippen LogP contribution in [0.2, 0.25) is 0 Å². The molecule has 0 radical (unpaired) electrons. The average molecular weight is 403 g/mol. The summed E-state index contributed by atoms with van der Waals surface area (Å²) in [5, 5.41) is 1.15. The van der Waals surface area contributed by atoms with Gasteiger partial charge in [-0.05, 0) is 42.7 Å². The molecule has 2 aliphatic heterocycles. The van der Waals surface area contributed by atoms with Gasteiger partial charge in [0.1, 0.15) is 11.8 Å². The predicted octanol–water partition coefficient (Wildman–Crippen LogP) is 3.08. The second-order valence-corrected chi connectivity index (χ2v) is 8.12. The van der Waals surface area contributed by atoms with Crippen LogP contribution in [0.1, 0.15) is 29.8 Å². The van der Waals surface area contributed by atoms with Crippen molar-refractivity contribution in [3.63, 3.8) is 0 Å². The summed E-state index contributed by atoms with van der Waals surface area (Å²) >= 11 is 0. The predicted molar refractivity (Wildman–Crippen MR) is 114 cm³/mol. The molecule has 0 spiro atoms. The van der Waals surface area contributed by atoms with E-state index in [-0.39, 0.29) is 24.4 Å². The topological polar surface area (TPSA) is 65.6 Å². The summed E-state index contributed by atoms with van der Waals surface area (Å²) in [6, 6.07) is 15.4. The van der Waals surface area contributed by atoms with Crippen molar-refractivity contribution >= 4 is 22.7 Å². The van der Waals surface area contributed by atoms with E-state index in [0.717, 1.165) is 33.5 Å². The van der Waals surface area contributed by atoms with Gasteiger partial charge in [0.05, 0.1) is 19.7 Å². The van der Waals surface area contributed by atoms with E-state index >= 15 is 0 Å². The summed E-state index contributed by atoms with van der Waals surface area (Å²) in [6.07, 6.45) is 1.27. The number of nitrogens with one attached hydrogen (secondary N) is 1. The lowest BCUT2D eigenvalue weighted by atomic mass is 9.90. The van der Waals surface area contributed by atoms with E-state index in [9.17, 15) is 9.59 Å². The molecule has 2 amide bonds. The first-order valence-corrected chi connectivity index (χ1v) is 10.4. The van der Waals surface area contributed by atoms with Crippen LogP contribution in [0.15, 0.2) is 48.5 Å². The van der Waals surface area contributed by atoms with Gasteiger partial charge in [-0.2, -0.15) is 0 Å². The molecule has 0 saturated carbocycles. The van der Waals surface area contributed by atoms with Crippen LogP contribution >= 0.6 is 0 Å². The van der Waals surface area contributed by atoms with Gasteiger partial charge in [0.2, 0.25) is 11.8 Å². The lowest BCUT2D eigenvalue weighted by molar-refractivity contribution is -0.159. The van der Waals surface area contributed by atoms with Crippen LogP contribution in [0.3, 0.4) is 0 Å². The number of nitrogens with zero attached hydrogens (tertiary/aromatic N) is 2. The summed E-state index contributed by atoms with van der Waals surface area (Å²) in [5.74, 6) is 0.876. The van der Waals surface area contributed by atoms with E-state index in [1.54, 1.807) is 16.9 Å². The molecule has 2 aromatic carbocycles. The summed E-state index contributed by atoms with van der Waals surface area (Å²) in [4.78, 5) is 33.3. The van der Waals surface area contributed by atoms with E-state index in [2.05, 4.69) is 11.1 Å². The van der Waals surface area contributed by atoms with E-state index in [0.29, 0.717) is 19.4 Å². The lowest BCUT2D eigenvalue weighted by Crippen LogP contribution is -2.62. The third-order valence-corrected chi connectivity index (χ3v) is 6.46. The van der Waals surface area contributed by atoms with Gasteiger partial charge in [-0.15, -0.1) is 0 Å². The third kappa shape index (κ3) is 2.95. The molecule has 0 aliphatic carbocycles. The number of carbonyl (C=O) groups excluding carboxylic acids is 2. The largest absolute Gasteiger partial charge is 0.497 e. The number of rotatable bonds is 4. The molecular weight excluding hydrogens is 378 g/mol. The van der Waals surface area contributed by atoms with Crippen molar-refractivity contribution in [1.29, 1.82) is 0 Å². The van der Waals surface area contributed by atoms with Gasteiger partial charge in [-0.3, -0.25) is 9.59 Å². The summed E-state index contributed by atoms with van der Waals surface area (Å²) < 4.78 is 5.20. The molecule has 6 heteroatoms. The van der Waals surface area contributed by atoms with Crippen LogP contribution in [-0.2, 0) is 22.4 Å². The fourth-order valence-electron chi connectivity index (χ4n) is 4.87. The number of ether oxygens (including phenoxy) is 1. The van der Waals surface area contributed by atoms with Crippen LogP contribution in [0, 0.1) is 0 Å². The Morgan fingerprint density at radius 2 is 1.87 bits per heavy atom. The Morgan fingerprint density at radius 3 is 2.63 bits per heavy atom. The molecular formula is C24H25N3O3. The maximum atomic E-state index is 13.3. The fraction of sp³-hybridized carbons (Fsp3) is 0.333. The van der Waals surface area contributed by atoms with Gasteiger partial charge in [-0.25, -0.2) is 0 Å². The second-order valence-electron chi connectivity index (χ2n) is 8.12. The van der Waals surface area contributed by atoms with Crippen LogP contribution in [-0.4, -0.2) is 52.8 Å². The standard InChI is InChI=1S/C24H25N3O3/c1-15-23-19(18-5-3-4-6-20(18)25-23)13-21-24(29)26(14-22(28)27(15)21)12-11-16-7-9-17(30-2)10-8-16/h3-10,15,21,25H,11-14H2,1-2H3. The number of piperazine rings is 1. The lowest BCUT2D eigenvalue weighted by Gasteiger charge is -2.46. The number of methoxy groups -OCH3 is 1. The van der Waals surface area contributed by atoms with E-state index in [1.165, 1.54) is 0 Å². The van der Waals surface area contributed by atoms with Crippen LogP contribution in [0.5, 0.6) is 5.75 Å². The third-order valence-electron chi connectivity index (χ3n) is 6.46. The zero-order chi connectivity index (χ0) is 20.8. The van der Waals surface area contributed by atoms with Crippen molar-refractivity contribution in [2.24, 2.45) is 0 Å². The molecule has 5 rings (SSSR count). The van der Waals surface area contributed by atoms with Crippen LogP contribution in [0.25, 0.3) is 10.9 Å². The SMILES string of the molecule is COc1ccc(CCN2CC(=O)N3C(Cc4c([nH]c5ccccc45)C3C)C2=O)cc1. The van der Waals surface area contributed by atoms with Crippen molar-refractivity contribution in [2.45, 2.75) is 31.8 Å². The molecule has 1 N–H and O–H groups in total. The number of para-hydroxylation sites is 1. The van der Waals surface area contributed by atoms with Gasteiger partial charge in [0.15, 0.2) is 0 Å². The first-order chi connectivity index (χ1) is 14.6. The number of aromatic nitrogens is 1. The Hall–Kier alpha value is -3.28. The first-order valence-electron chi connectivity index (χ1n) is 10.4. The Morgan fingerprint density at radius 1 is 1.10 bits per heavy atom. The Labute approximate surface area is 175 Å². The highest BCUT2D eigenvalue weighted by Gasteiger charge is 2.45. The van der Waals surface area contributed by atoms with Crippen molar-refractivity contribution in [1.82, 2.24) is 14.8 Å². The Balaban J connectivity index is 1.38. The molecule has 2 unspecified atom stereocenters. The molecule has 2 atom stereocenters. The molecule has 1 saturated heterocycles. The average Bonchev–Trinajstić information content (AvgIpc) is 3.15. The zero-order valence-electron chi connectivity index (χ0n) is 17.2. The molecule has 3 heterocycles. The quantitative estimate of drug-likeness (QED) is 0.728. The molecule has 30 heavy (non-hydrogen) atoms. The summed E-state index contributed by atoms with van der Waals surface area (Å²) in [5.41, 5.74) is 4.40. The Kier molecular flexibility index (Phi) is 4.50. The molecule has 0 bridgehead atoms. The minimum Gasteiger partial charge on any atom is -0.497 e. The van der Waals surface area contributed by atoms with Crippen molar-refractivity contribution in [3.05, 3.63) is 65.4 Å². The summed E-state index contributed by atoms with van der Waals surface area (Å²) in [6.45, 7) is 2.69. The van der Waals surface area contributed by atoms with Gasteiger partial charge in [0.25, 0.3) is 0 Å². The van der Waals surface area contributed by atoms with Crippen molar-refractivity contribution < 1.29 is 14.3 Å². The first kappa shape index (κ1) is 18.7. The molecule has 6 nitrogen and oxygen atoms in total.